The topological polar surface area (TPSA) is 78.1 Å². The highest BCUT2D eigenvalue weighted by molar-refractivity contribution is 6.17. The zero-order valence-electron chi connectivity index (χ0n) is 10.5. The number of hydrogen-bond donors (Lipinski definition) is 0. The molecule has 0 saturated heterocycles. The van der Waals surface area contributed by atoms with Gasteiger partial charge in [-0.05, 0) is 6.92 Å². The summed E-state index contributed by atoms with van der Waals surface area (Å²) in [6.45, 7) is 3.73. The summed E-state index contributed by atoms with van der Waals surface area (Å²) >= 11 is 5.80. The maximum Gasteiger partial charge on any atom is 0.341 e. The molecule has 6 nitrogen and oxygen atoms in total. The maximum atomic E-state index is 11.7. The minimum Gasteiger partial charge on any atom is -0.462 e. The monoisotopic (exact) mass is 281 g/mol. The number of nitrogens with zero attached hydrogens (tertiary/aromatic N) is 3. The number of hydrogen-bond acceptors (Lipinski definition) is 6. The molecule has 0 aromatic carbocycles. The average Bonchev–Trinajstić information content (AvgIpc) is 2.85. The Morgan fingerprint density at radius 1 is 1.47 bits per heavy atom. The summed E-state index contributed by atoms with van der Waals surface area (Å²) in [5.41, 5.74) is 1.17. The zero-order valence-corrected chi connectivity index (χ0v) is 11.3. The third kappa shape index (κ3) is 2.90. The smallest absolute Gasteiger partial charge is 0.341 e. The van der Waals surface area contributed by atoms with Gasteiger partial charge >= 0.3 is 5.97 Å². The number of rotatable bonds is 4. The lowest BCUT2D eigenvalue weighted by molar-refractivity contribution is 0.0524. The third-order valence-electron chi connectivity index (χ3n) is 2.34. The van der Waals surface area contributed by atoms with Crippen molar-refractivity contribution in [3.63, 3.8) is 0 Å². The largest absolute Gasteiger partial charge is 0.462 e. The fourth-order valence-corrected chi connectivity index (χ4v) is 1.69. The van der Waals surface area contributed by atoms with Crippen molar-refractivity contribution < 1.29 is 13.9 Å². The minimum absolute atomic E-state index is 0.0838. The van der Waals surface area contributed by atoms with E-state index in [1.165, 1.54) is 12.5 Å². The fraction of sp³-hybridized carbons (Fsp3) is 0.333. The van der Waals surface area contributed by atoms with E-state index < -0.39 is 5.97 Å². The highest BCUT2D eigenvalue weighted by atomic mass is 35.5. The molecule has 0 aliphatic rings. The van der Waals surface area contributed by atoms with Crippen LogP contribution in [0, 0.1) is 6.92 Å². The highest BCUT2D eigenvalue weighted by Gasteiger charge is 2.16. The molecule has 0 N–H and O–H groups in total. The van der Waals surface area contributed by atoms with E-state index in [4.69, 9.17) is 20.8 Å². The van der Waals surface area contributed by atoms with Gasteiger partial charge in [-0.25, -0.2) is 19.7 Å². The van der Waals surface area contributed by atoms with Gasteiger partial charge in [0.1, 0.15) is 17.5 Å². The number of ether oxygens (including phenoxy) is 1. The van der Waals surface area contributed by atoms with Crippen LogP contribution in [0.1, 0.15) is 28.9 Å². The predicted octanol–water partition coefficient (Wildman–Crippen LogP) is 2.36. The molecule has 2 heterocycles. The molecule has 0 spiro atoms. The number of esters is 1. The SMILES string of the molecule is CCOC(=O)c1cnc(-c2coc(C)n2)nc1CCl. The molecular weight excluding hydrogens is 270 g/mol. The Morgan fingerprint density at radius 2 is 2.26 bits per heavy atom. The predicted molar refractivity (Wildman–Crippen MR) is 67.8 cm³/mol. The molecule has 0 atom stereocenters. The van der Waals surface area contributed by atoms with E-state index >= 15 is 0 Å². The molecule has 0 bridgehead atoms. The second kappa shape index (κ2) is 5.79. The Balaban J connectivity index is 2.38. The standard InChI is InChI=1S/C12H12ClN3O3/c1-3-18-12(17)8-5-14-11(16-9(8)4-13)10-6-19-7(2)15-10/h5-6H,3-4H2,1-2H3. The van der Waals surface area contributed by atoms with Gasteiger partial charge in [0.05, 0.1) is 18.2 Å². The summed E-state index contributed by atoms with van der Waals surface area (Å²) in [6, 6.07) is 0. The first-order valence-corrected chi connectivity index (χ1v) is 6.20. The van der Waals surface area contributed by atoms with Crippen molar-refractivity contribution in [1.29, 1.82) is 0 Å². The van der Waals surface area contributed by atoms with Crippen LogP contribution in [0.3, 0.4) is 0 Å². The van der Waals surface area contributed by atoms with E-state index in [0.29, 0.717) is 23.1 Å². The van der Waals surface area contributed by atoms with E-state index in [2.05, 4.69) is 15.0 Å². The van der Waals surface area contributed by atoms with Crippen LogP contribution in [-0.2, 0) is 10.6 Å². The molecule has 2 aromatic rings. The van der Waals surface area contributed by atoms with Crippen LogP contribution in [0.25, 0.3) is 11.5 Å². The second-order valence-corrected chi connectivity index (χ2v) is 3.93. The number of carbonyl (C=O) groups excluding carboxylic acids is 1. The Morgan fingerprint density at radius 3 is 2.84 bits per heavy atom. The van der Waals surface area contributed by atoms with Crippen LogP contribution < -0.4 is 0 Å². The van der Waals surface area contributed by atoms with Gasteiger partial charge in [-0.15, -0.1) is 11.6 Å². The highest BCUT2D eigenvalue weighted by Crippen LogP contribution is 2.17. The Hall–Kier alpha value is -1.95. The van der Waals surface area contributed by atoms with Crippen LogP contribution in [0.2, 0.25) is 0 Å². The number of carbonyl (C=O) groups is 1. The zero-order chi connectivity index (χ0) is 13.8. The van der Waals surface area contributed by atoms with E-state index in [9.17, 15) is 4.79 Å². The van der Waals surface area contributed by atoms with Gasteiger partial charge in [0.2, 0.25) is 0 Å². The number of halogens is 1. The maximum absolute atomic E-state index is 11.7. The van der Waals surface area contributed by atoms with Crippen molar-refractivity contribution in [2.24, 2.45) is 0 Å². The van der Waals surface area contributed by atoms with Gasteiger partial charge in [-0.3, -0.25) is 0 Å². The normalized spacial score (nSPS) is 10.5. The molecule has 7 heteroatoms. The fourth-order valence-electron chi connectivity index (χ4n) is 1.49. The molecule has 0 unspecified atom stereocenters. The average molecular weight is 282 g/mol. The lowest BCUT2D eigenvalue weighted by Crippen LogP contribution is -2.10. The van der Waals surface area contributed by atoms with Crippen molar-refractivity contribution >= 4 is 17.6 Å². The first kappa shape index (κ1) is 13.5. The first-order chi connectivity index (χ1) is 9.15. The molecule has 0 saturated carbocycles. The molecular formula is C12H12ClN3O3. The van der Waals surface area contributed by atoms with Crippen LogP contribution in [0.5, 0.6) is 0 Å². The molecule has 2 rings (SSSR count). The summed E-state index contributed by atoms with van der Waals surface area (Å²) in [4.78, 5) is 24.1. The van der Waals surface area contributed by atoms with Gasteiger partial charge in [0.15, 0.2) is 11.7 Å². The molecule has 0 fully saturated rings. The lowest BCUT2D eigenvalue weighted by atomic mass is 10.2. The van der Waals surface area contributed by atoms with Crippen molar-refractivity contribution in [2.45, 2.75) is 19.7 Å². The van der Waals surface area contributed by atoms with Gasteiger partial charge < -0.3 is 9.15 Å². The Kier molecular flexibility index (Phi) is 4.11. The molecule has 0 aliphatic carbocycles. The van der Waals surface area contributed by atoms with E-state index in [0.717, 1.165) is 0 Å². The molecule has 0 radical (unpaired) electrons. The van der Waals surface area contributed by atoms with Gasteiger partial charge in [-0.1, -0.05) is 0 Å². The van der Waals surface area contributed by atoms with E-state index in [-0.39, 0.29) is 18.1 Å². The summed E-state index contributed by atoms with van der Waals surface area (Å²) in [5.74, 6) is 0.475. The summed E-state index contributed by atoms with van der Waals surface area (Å²) in [6.07, 6.45) is 2.84. The van der Waals surface area contributed by atoms with Gasteiger partial charge in [0, 0.05) is 13.1 Å². The molecule has 2 aromatic heterocycles. The van der Waals surface area contributed by atoms with Crippen LogP contribution >= 0.6 is 11.6 Å². The van der Waals surface area contributed by atoms with Crippen LogP contribution in [0.4, 0.5) is 0 Å². The number of oxazole rings is 1. The Labute approximate surface area is 114 Å². The second-order valence-electron chi connectivity index (χ2n) is 3.66. The van der Waals surface area contributed by atoms with Crippen LogP contribution in [-0.4, -0.2) is 27.5 Å². The van der Waals surface area contributed by atoms with Crippen molar-refractivity contribution in [2.75, 3.05) is 6.61 Å². The lowest BCUT2D eigenvalue weighted by Gasteiger charge is -2.06. The van der Waals surface area contributed by atoms with Gasteiger partial charge in [0.25, 0.3) is 0 Å². The first-order valence-electron chi connectivity index (χ1n) is 5.67. The molecule has 100 valence electrons. The summed E-state index contributed by atoms with van der Waals surface area (Å²) in [7, 11) is 0. The number of aryl methyl sites for hydroxylation is 1. The van der Waals surface area contributed by atoms with Gasteiger partial charge in [-0.2, -0.15) is 0 Å². The Bertz CT molecular complexity index is 598. The summed E-state index contributed by atoms with van der Waals surface area (Å²) in [5, 5.41) is 0. The summed E-state index contributed by atoms with van der Waals surface area (Å²) < 4.78 is 10.0. The van der Waals surface area contributed by atoms with Crippen LogP contribution in [0.15, 0.2) is 16.9 Å². The third-order valence-corrected chi connectivity index (χ3v) is 2.59. The number of alkyl halides is 1. The number of aromatic nitrogens is 3. The van der Waals surface area contributed by atoms with Crippen molar-refractivity contribution in [3.8, 4) is 11.5 Å². The molecule has 19 heavy (non-hydrogen) atoms. The molecule has 0 aliphatic heterocycles. The van der Waals surface area contributed by atoms with E-state index in [1.54, 1.807) is 13.8 Å². The minimum atomic E-state index is -0.485. The van der Waals surface area contributed by atoms with E-state index in [1.807, 2.05) is 0 Å². The molecule has 0 amide bonds. The quantitative estimate of drug-likeness (QED) is 0.632. The van der Waals surface area contributed by atoms with Crippen molar-refractivity contribution in [3.05, 3.63) is 29.6 Å². The van der Waals surface area contributed by atoms with Crippen molar-refractivity contribution in [1.82, 2.24) is 15.0 Å².